The third kappa shape index (κ3) is 1.99. The molecule has 0 spiro atoms. The lowest BCUT2D eigenvalue weighted by atomic mass is 10.1. The quantitative estimate of drug-likeness (QED) is 0.675. The summed E-state index contributed by atoms with van der Waals surface area (Å²) >= 11 is 0. The number of piperazine rings is 1. The molecule has 2 rings (SSSR count). The van der Waals surface area contributed by atoms with Crippen LogP contribution in [-0.2, 0) is 0 Å². The van der Waals surface area contributed by atoms with Crippen molar-refractivity contribution >= 4 is 0 Å². The summed E-state index contributed by atoms with van der Waals surface area (Å²) in [5.74, 6) is 0. The second-order valence-electron chi connectivity index (χ2n) is 4.02. The van der Waals surface area contributed by atoms with Gasteiger partial charge in [0.1, 0.15) is 0 Å². The van der Waals surface area contributed by atoms with Gasteiger partial charge in [0.05, 0.1) is 0 Å². The van der Waals surface area contributed by atoms with Gasteiger partial charge in [-0.2, -0.15) is 0 Å². The van der Waals surface area contributed by atoms with E-state index in [1.807, 2.05) is 0 Å². The highest BCUT2D eigenvalue weighted by Crippen LogP contribution is 2.27. The summed E-state index contributed by atoms with van der Waals surface area (Å²) in [6, 6.07) is 1.66. The largest absolute Gasteiger partial charge is 0.311 e. The molecule has 0 amide bonds. The Morgan fingerprint density at radius 2 is 2.25 bits per heavy atom. The first-order valence-electron chi connectivity index (χ1n) is 5.17. The number of rotatable bonds is 3. The average molecular weight is 167 g/mol. The van der Waals surface area contributed by atoms with Gasteiger partial charge >= 0.3 is 0 Å². The number of nitrogens with zero attached hydrogens (tertiary/aromatic N) is 1. The Bertz CT molecular complexity index is 141. The molecule has 1 aliphatic heterocycles. The lowest BCUT2D eigenvalue weighted by Gasteiger charge is -2.33. The van der Waals surface area contributed by atoms with Crippen LogP contribution in [0, 0.1) is 6.92 Å². The summed E-state index contributed by atoms with van der Waals surface area (Å²) in [6.45, 7) is 7.61. The molecular formula is C10H19N2. The minimum absolute atomic E-state index is 0.719. The lowest BCUT2D eigenvalue weighted by molar-refractivity contribution is 0.186. The van der Waals surface area contributed by atoms with E-state index in [1.54, 1.807) is 0 Å². The van der Waals surface area contributed by atoms with E-state index < -0.39 is 0 Å². The highest BCUT2D eigenvalue weighted by molar-refractivity contribution is 4.89. The number of nitrogens with one attached hydrogen (secondary N) is 1. The summed E-state index contributed by atoms with van der Waals surface area (Å²) in [4.78, 5) is 2.65. The first kappa shape index (κ1) is 8.52. The van der Waals surface area contributed by atoms with E-state index in [1.165, 1.54) is 38.9 Å². The molecule has 2 fully saturated rings. The molecule has 1 radical (unpaired) electrons. The van der Waals surface area contributed by atoms with Crippen LogP contribution in [0.3, 0.4) is 0 Å². The fraction of sp³-hybridized carbons (Fsp3) is 0.900. The van der Waals surface area contributed by atoms with E-state index in [9.17, 15) is 0 Å². The van der Waals surface area contributed by atoms with E-state index in [-0.39, 0.29) is 0 Å². The molecule has 1 aliphatic carbocycles. The Balaban J connectivity index is 1.77. The molecule has 12 heavy (non-hydrogen) atoms. The van der Waals surface area contributed by atoms with Crippen LogP contribution < -0.4 is 5.32 Å². The summed E-state index contributed by atoms with van der Waals surface area (Å²) in [7, 11) is 0. The van der Waals surface area contributed by atoms with E-state index in [4.69, 9.17) is 0 Å². The van der Waals surface area contributed by atoms with Crippen LogP contribution in [0.2, 0.25) is 0 Å². The molecule has 2 nitrogen and oxygen atoms in total. The minimum atomic E-state index is 0.719. The summed E-state index contributed by atoms with van der Waals surface area (Å²) in [5.41, 5.74) is 0. The lowest BCUT2D eigenvalue weighted by Crippen LogP contribution is -2.51. The van der Waals surface area contributed by atoms with Gasteiger partial charge in [0.15, 0.2) is 0 Å². The van der Waals surface area contributed by atoms with Crippen molar-refractivity contribution in [2.45, 2.75) is 37.8 Å². The molecule has 0 aromatic rings. The summed E-state index contributed by atoms with van der Waals surface area (Å²) in [6.07, 6.45) is 5.19. The number of hydrogen-bond acceptors (Lipinski definition) is 2. The molecule has 1 saturated carbocycles. The molecule has 1 saturated heterocycles. The van der Waals surface area contributed by atoms with Gasteiger partial charge in [0.2, 0.25) is 0 Å². The van der Waals surface area contributed by atoms with E-state index in [2.05, 4.69) is 17.1 Å². The normalized spacial score (nSPS) is 32.2. The van der Waals surface area contributed by atoms with E-state index in [0.717, 1.165) is 18.5 Å². The van der Waals surface area contributed by atoms with Gasteiger partial charge in [-0.3, -0.25) is 4.90 Å². The molecule has 0 aromatic carbocycles. The van der Waals surface area contributed by atoms with Crippen molar-refractivity contribution < 1.29 is 0 Å². The second-order valence-corrected chi connectivity index (χ2v) is 4.02. The molecule has 1 heterocycles. The predicted molar refractivity (Wildman–Crippen MR) is 51.0 cm³/mol. The molecule has 2 heteroatoms. The molecule has 1 unspecified atom stereocenters. The molecule has 0 bridgehead atoms. The standard InChI is InChI=1S/C10H19N2/c1-2-3-9-8-12(7-6-11-9)10-4-5-10/h9-11H,1-8H2. The molecule has 0 aromatic heterocycles. The highest BCUT2D eigenvalue weighted by Gasteiger charge is 2.31. The zero-order valence-electron chi connectivity index (χ0n) is 7.76. The van der Waals surface area contributed by atoms with Crippen LogP contribution in [0.15, 0.2) is 0 Å². The predicted octanol–water partition coefficient (Wildman–Crippen LogP) is 1.04. The van der Waals surface area contributed by atoms with Gasteiger partial charge in [0, 0.05) is 31.7 Å². The van der Waals surface area contributed by atoms with E-state index in [0.29, 0.717) is 0 Å². The van der Waals surface area contributed by atoms with Gasteiger partial charge in [-0.25, -0.2) is 0 Å². The van der Waals surface area contributed by atoms with Crippen molar-refractivity contribution in [1.82, 2.24) is 10.2 Å². The molecule has 1 N–H and O–H groups in total. The van der Waals surface area contributed by atoms with Crippen LogP contribution in [0.25, 0.3) is 0 Å². The van der Waals surface area contributed by atoms with Crippen LogP contribution in [0.1, 0.15) is 25.7 Å². The maximum Gasteiger partial charge on any atom is 0.0195 e. The van der Waals surface area contributed by atoms with Crippen molar-refractivity contribution in [2.24, 2.45) is 0 Å². The van der Waals surface area contributed by atoms with E-state index >= 15 is 0 Å². The smallest absolute Gasteiger partial charge is 0.0195 e. The molecular weight excluding hydrogens is 148 g/mol. The monoisotopic (exact) mass is 167 g/mol. The fourth-order valence-corrected chi connectivity index (χ4v) is 2.06. The first-order chi connectivity index (χ1) is 5.90. The number of hydrogen-bond donors (Lipinski definition) is 1. The topological polar surface area (TPSA) is 15.3 Å². The Labute approximate surface area is 75.3 Å². The summed E-state index contributed by atoms with van der Waals surface area (Å²) in [5, 5.41) is 3.55. The minimum Gasteiger partial charge on any atom is -0.311 e. The SMILES string of the molecule is [CH2]CCC1CN(C2CC2)CCN1. The Morgan fingerprint density at radius 1 is 1.42 bits per heavy atom. The molecule has 69 valence electrons. The summed E-state index contributed by atoms with van der Waals surface area (Å²) < 4.78 is 0. The van der Waals surface area contributed by atoms with Crippen LogP contribution in [-0.4, -0.2) is 36.6 Å². The fourth-order valence-electron chi connectivity index (χ4n) is 2.06. The third-order valence-electron chi connectivity index (χ3n) is 2.90. The van der Waals surface area contributed by atoms with Gasteiger partial charge in [-0.15, -0.1) is 0 Å². The first-order valence-corrected chi connectivity index (χ1v) is 5.17. The van der Waals surface area contributed by atoms with Gasteiger partial charge in [0.25, 0.3) is 0 Å². The van der Waals surface area contributed by atoms with Gasteiger partial charge in [-0.05, 0) is 19.3 Å². The van der Waals surface area contributed by atoms with Crippen molar-refractivity contribution in [1.29, 1.82) is 0 Å². The second kappa shape index (κ2) is 3.75. The molecule has 2 aliphatic rings. The van der Waals surface area contributed by atoms with Crippen molar-refractivity contribution in [3.63, 3.8) is 0 Å². The molecule has 1 atom stereocenters. The van der Waals surface area contributed by atoms with Gasteiger partial charge in [-0.1, -0.05) is 13.3 Å². The van der Waals surface area contributed by atoms with Crippen molar-refractivity contribution in [3.05, 3.63) is 6.92 Å². The van der Waals surface area contributed by atoms with Crippen LogP contribution >= 0.6 is 0 Å². The Morgan fingerprint density at radius 3 is 2.92 bits per heavy atom. The van der Waals surface area contributed by atoms with Crippen molar-refractivity contribution in [3.8, 4) is 0 Å². The Kier molecular flexibility index (Phi) is 2.66. The zero-order valence-corrected chi connectivity index (χ0v) is 7.76. The third-order valence-corrected chi connectivity index (χ3v) is 2.90. The Hall–Kier alpha value is -0.0800. The van der Waals surface area contributed by atoms with Crippen LogP contribution in [0.5, 0.6) is 0 Å². The maximum absolute atomic E-state index is 3.91. The van der Waals surface area contributed by atoms with Gasteiger partial charge < -0.3 is 5.32 Å². The average Bonchev–Trinajstić information content (AvgIpc) is 2.88. The maximum atomic E-state index is 3.91. The zero-order chi connectivity index (χ0) is 8.39. The van der Waals surface area contributed by atoms with Crippen molar-refractivity contribution in [2.75, 3.05) is 19.6 Å². The highest BCUT2D eigenvalue weighted by atomic mass is 15.2. The van der Waals surface area contributed by atoms with Crippen LogP contribution in [0.4, 0.5) is 0 Å².